The number of aliphatic hydroxyl groups is 1. The van der Waals surface area contributed by atoms with Crippen LogP contribution in [-0.2, 0) is 19.0 Å². The van der Waals surface area contributed by atoms with E-state index in [0.29, 0.717) is 18.7 Å². The van der Waals surface area contributed by atoms with Crippen molar-refractivity contribution in [3.63, 3.8) is 0 Å². The third kappa shape index (κ3) is 3.21. The van der Waals surface area contributed by atoms with Crippen molar-refractivity contribution in [3.05, 3.63) is 11.8 Å². The molecule has 2 rings (SSSR count). The van der Waals surface area contributed by atoms with Crippen molar-refractivity contribution in [3.8, 4) is 0 Å². The number of ether oxygens (including phenoxy) is 3. The van der Waals surface area contributed by atoms with Crippen LogP contribution in [0.25, 0.3) is 0 Å². The Bertz CT molecular complexity index is 523. The molecule has 23 heavy (non-hydrogen) atoms. The number of amides is 1. The maximum Gasteiger partial charge on any atom is 0.414 e. The number of methoxy groups -OCH3 is 2. The second-order valence-corrected chi connectivity index (χ2v) is 6.98. The van der Waals surface area contributed by atoms with Gasteiger partial charge in [0.15, 0.2) is 0 Å². The molecule has 3 atom stereocenters. The number of hydrogen-bond acceptors (Lipinski definition) is 6. The maximum absolute atomic E-state index is 12.5. The molecule has 0 aromatic carbocycles. The zero-order valence-corrected chi connectivity index (χ0v) is 14.3. The van der Waals surface area contributed by atoms with Crippen molar-refractivity contribution < 1.29 is 28.9 Å². The third-order valence-corrected chi connectivity index (χ3v) is 4.26. The second-order valence-electron chi connectivity index (χ2n) is 6.98. The van der Waals surface area contributed by atoms with Crippen molar-refractivity contribution >= 4 is 12.1 Å². The summed E-state index contributed by atoms with van der Waals surface area (Å²) in [6, 6.07) is 0. The summed E-state index contributed by atoms with van der Waals surface area (Å²) in [7, 11) is 2.78. The Morgan fingerprint density at radius 3 is 2.52 bits per heavy atom. The van der Waals surface area contributed by atoms with Gasteiger partial charge in [-0.2, -0.15) is 0 Å². The molecule has 0 bridgehead atoms. The first-order chi connectivity index (χ1) is 10.6. The predicted molar refractivity (Wildman–Crippen MR) is 81.5 cm³/mol. The van der Waals surface area contributed by atoms with E-state index in [-0.39, 0.29) is 6.42 Å². The van der Waals surface area contributed by atoms with Crippen molar-refractivity contribution in [2.45, 2.75) is 51.4 Å². The maximum atomic E-state index is 12.5. The lowest BCUT2D eigenvalue weighted by Gasteiger charge is -2.38. The number of aliphatic hydroxyl groups excluding tert-OH is 1. The summed E-state index contributed by atoms with van der Waals surface area (Å²) in [5.74, 6) is -0.455. The van der Waals surface area contributed by atoms with E-state index in [1.807, 2.05) is 0 Å². The monoisotopic (exact) mass is 327 g/mol. The summed E-state index contributed by atoms with van der Waals surface area (Å²) in [5.41, 5.74) is -1.17. The van der Waals surface area contributed by atoms with Crippen molar-refractivity contribution in [1.29, 1.82) is 0 Å². The molecule has 7 heteroatoms. The largest absolute Gasteiger partial charge is 0.468 e. The van der Waals surface area contributed by atoms with Gasteiger partial charge in [-0.1, -0.05) is 0 Å². The Labute approximate surface area is 136 Å². The fourth-order valence-corrected chi connectivity index (χ4v) is 3.22. The molecule has 7 nitrogen and oxygen atoms in total. The number of fused-ring (bicyclic) bond motifs is 1. The molecule has 1 N–H and O–H groups in total. The van der Waals surface area contributed by atoms with Crippen LogP contribution >= 0.6 is 0 Å². The summed E-state index contributed by atoms with van der Waals surface area (Å²) in [6.45, 7) is 5.68. The molecule has 1 saturated heterocycles. The van der Waals surface area contributed by atoms with Crippen LogP contribution < -0.4 is 0 Å². The Balaban J connectivity index is 2.39. The van der Waals surface area contributed by atoms with Gasteiger partial charge in [-0.25, -0.2) is 4.79 Å². The molecule has 1 aliphatic heterocycles. The summed E-state index contributed by atoms with van der Waals surface area (Å²) in [4.78, 5) is 26.3. The van der Waals surface area contributed by atoms with E-state index in [2.05, 4.69) is 0 Å². The van der Waals surface area contributed by atoms with Crippen LogP contribution in [0.3, 0.4) is 0 Å². The smallest absolute Gasteiger partial charge is 0.414 e. The Hall–Kier alpha value is -1.60. The van der Waals surface area contributed by atoms with E-state index in [1.54, 1.807) is 26.8 Å². The molecule has 0 aromatic heterocycles. The van der Waals surface area contributed by atoms with Gasteiger partial charge in [-0.15, -0.1) is 0 Å². The quantitative estimate of drug-likeness (QED) is 0.773. The fraction of sp³-hybridized carbons (Fsp3) is 0.750. The highest BCUT2D eigenvalue weighted by molar-refractivity contribution is 5.84. The van der Waals surface area contributed by atoms with Crippen LogP contribution in [0.1, 0.15) is 33.6 Å². The number of rotatable bonds is 2. The van der Waals surface area contributed by atoms with E-state index in [9.17, 15) is 14.7 Å². The van der Waals surface area contributed by atoms with Gasteiger partial charge < -0.3 is 19.3 Å². The zero-order chi connectivity index (χ0) is 17.4. The summed E-state index contributed by atoms with van der Waals surface area (Å²) in [6.07, 6.45) is 0.247. The highest BCUT2D eigenvalue weighted by Crippen LogP contribution is 2.49. The highest BCUT2D eigenvalue weighted by Gasteiger charge is 2.56. The van der Waals surface area contributed by atoms with Gasteiger partial charge in [0.1, 0.15) is 17.1 Å². The van der Waals surface area contributed by atoms with Gasteiger partial charge in [-0.3, -0.25) is 9.69 Å². The SMILES string of the molecule is COC(=O)[C@]12CCN(C(=O)OC(C)(C)C)C1=C[C@@H](OC)[C@@H](O)C2. The average molecular weight is 327 g/mol. The molecular formula is C16H25NO6. The lowest BCUT2D eigenvalue weighted by atomic mass is 9.73. The van der Waals surface area contributed by atoms with Crippen molar-refractivity contribution in [2.24, 2.45) is 5.41 Å². The van der Waals surface area contributed by atoms with Gasteiger partial charge in [0.2, 0.25) is 0 Å². The highest BCUT2D eigenvalue weighted by atomic mass is 16.6. The van der Waals surface area contributed by atoms with E-state index in [1.165, 1.54) is 19.1 Å². The first-order valence-electron chi connectivity index (χ1n) is 7.67. The lowest BCUT2D eigenvalue weighted by molar-refractivity contribution is -0.153. The molecule has 1 aliphatic carbocycles. The molecule has 1 amide bonds. The molecule has 0 aromatic rings. The average Bonchev–Trinajstić information content (AvgIpc) is 2.83. The molecular weight excluding hydrogens is 302 g/mol. The van der Waals surface area contributed by atoms with Crippen molar-refractivity contribution in [2.75, 3.05) is 20.8 Å². The number of hydrogen-bond donors (Lipinski definition) is 1. The van der Waals surface area contributed by atoms with Crippen molar-refractivity contribution in [1.82, 2.24) is 4.90 Å². The third-order valence-electron chi connectivity index (χ3n) is 4.26. The molecule has 130 valence electrons. The summed E-state index contributed by atoms with van der Waals surface area (Å²) >= 11 is 0. The van der Waals surface area contributed by atoms with Gasteiger partial charge in [-0.05, 0) is 39.7 Å². The van der Waals surface area contributed by atoms with Gasteiger partial charge in [0, 0.05) is 19.4 Å². The molecule has 1 heterocycles. The van der Waals surface area contributed by atoms with E-state index < -0.39 is 35.3 Å². The first kappa shape index (κ1) is 17.7. The van der Waals surface area contributed by atoms with Crippen LogP contribution in [0.2, 0.25) is 0 Å². The minimum atomic E-state index is -1.03. The summed E-state index contributed by atoms with van der Waals surface area (Å²) < 4.78 is 15.6. The minimum Gasteiger partial charge on any atom is -0.468 e. The van der Waals surface area contributed by atoms with Crippen LogP contribution in [-0.4, -0.2) is 60.6 Å². The Morgan fingerprint density at radius 2 is 2.00 bits per heavy atom. The Morgan fingerprint density at radius 1 is 1.35 bits per heavy atom. The lowest BCUT2D eigenvalue weighted by Crippen LogP contribution is -2.46. The van der Waals surface area contributed by atoms with Crippen LogP contribution in [0.4, 0.5) is 4.79 Å². The molecule has 1 fully saturated rings. The number of carbonyl (C=O) groups excluding carboxylic acids is 2. The van der Waals surface area contributed by atoms with Gasteiger partial charge in [0.25, 0.3) is 0 Å². The molecule has 0 spiro atoms. The van der Waals surface area contributed by atoms with Crippen LogP contribution in [0.5, 0.6) is 0 Å². The molecule has 2 aliphatic rings. The predicted octanol–water partition coefficient (Wildman–Crippen LogP) is 1.45. The first-order valence-corrected chi connectivity index (χ1v) is 7.67. The van der Waals surface area contributed by atoms with E-state index >= 15 is 0 Å². The molecule has 0 radical (unpaired) electrons. The number of esters is 1. The Kier molecular flexibility index (Phi) is 4.73. The topological polar surface area (TPSA) is 85.3 Å². The van der Waals surface area contributed by atoms with E-state index in [0.717, 1.165) is 0 Å². The van der Waals surface area contributed by atoms with Crippen LogP contribution in [0.15, 0.2) is 11.8 Å². The van der Waals surface area contributed by atoms with Crippen LogP contribution in [0, 0.1) is 5.41 Å². The zero-order valence-electron chi connectivity index (χ0n) is 14.3. The molecule has 0 saturated carbocycles. The van der Waals surface area contributed by atoms with Gasteiger partial charge >= 0.3 is 12.1 Å². The number of carbonyl (C=O) groups is 2. The number of likely N-dealkylation sites (tertiary alicyclic amines) is 1. The number of nitrogens with zero attached hydrogens (tertiary/aromatic N) is 1. The fourth-order valence-electron chi connectivity index (χ4n) is 3.22. The van der Waals surface area contributed by atoms with Gasteiger partial charge in [0.05, 0.1) is 13.2 Å². The normalized spacial score (nSPS) is 30.5. The van der Waals surface area contributed by atoms with E-state index in [4.69, 9.17) is 14.2 Å². The minimum absolute atomic E-state index is 0.156. The second kappa shape index (κ2) is 6.13. The summed E-state index contributed by atoms with van der Waals surface area (Å²) in [5, 5.41) is 10.2. The standard InChI is InChI=1S/C16H25NO6/c1-15(2,3)23-14(20)17-7-6-16(13(19)22-5)9-10(18)11(21-4)8-12(16)17/h8,10-11,18H,6-7,9H2,1-5H3/t10-,11+,16-/m0/s1. The molecule has 0 unspecified atom stereocenters.